The lowest BCUT2D eigenvalue weighted by Crippen LogP contribution is -2.50. The van der Waals surface area contributed by atoms with Crippen molar-refractivity contribution in [2.45, 2.75) is 116 Å². The summed E-state index contributed by atoms with van der Waals surface area (Å²) in [5.74, 6) is 6.66. The maximum atomic E-state index is 4.16. The minimum absolute atomic E-state index is 0.482. The highest BCUT2D eigenvalue weighted by molar-refractivity contribution is 8.76. The molecule has 6 unspecified atom stereocenters. The predicted molar refractivity (Wildman–Crippen MR) is 154 cm³/mol. The summed E-state index contributed by atoms with van der Waals surface area (Å²) in [6.07, 6.45) is 22.4. The fourth-order valence-electron chi connectivity index (χ4n) is 9.29. The van der Waals surface area contributed by atoms with Crippen molar-refractivity contribution >= 4 is 21.6 Å². The molecule has 4 heteroatoms. The third-order valence-corrected chi connectivity index (χ3v) is 14.1. The van der Waals surface area contributed by atoms with Gasteiger partial charge in [-0.15, -0.1) is 0 Å². The Labute approximate surface area is 223 Å². The first-order valence-corrected chi connectivity index (χ1v) is 17.1. The normalized spacial score (nSPS) is 39.6. The highest BCUT2D eigenvalue weighted by Gasteiger charge is 2.59. The van der Waals surface area contributed by atoms with E-state index in [0.29, 0.717) is 10.8 Å². The molecule has 0 saturated heterocycles. The van der Waals surface area contributed by atoms with Crippen molar-refractivity contribution in [1.82, 2.24) is 9.97 Å². The first-order chi connectivity index (χ1) is 16.8. The number of imidazole rings is 1. The van der Waals surface area contributed by atoms with E-state index in [9.17, 15) is 0 Å². The summed E-state index contributed by atoms with van der Waals surface area (Å²) in [6.45, 7) is 12.8. The van der Waals surface area contributed by atoms with Crippen LogP contribution in [-0.2, 0) is 5.75 Å². The average Bonchev–Trinajstić information content (AvgIpc) is 3.46. The molecule has 0 aliphatic heterocycles. The van der Waals surface area contributed by atoms with Gasteiger partial charge in [0, 0.05) is 22.9 Å². The number of aromatic amines is 1. The summed E-state index contributed by atoms with van der Waals surface area (Å²) in [5, 5.41) is 0.787. The molecule has 196 valence electrons. The van der Waals surface area contributed by atoms with Crippen molar-refractivity contribution in [1.29, 1.82) is 0 Å². The zero-order chi connectivity index (χ0) is 24.6. The Morgan fingerprint density at radius 3 is 2.69 bits per heavy atom. The SMILES string of the molecule is CC(C)CCCC(C)C1CC[C@H]2[C@H]3CC=C4CC(SSCc5cnc[nH]5)CCC4(C)C3CCC12C. The van der Waals surface area contributed by atoms with Crippen molar-refractivity contribution in [2.75, 3.05) is 0 Å². The van der Waals surface area contributed by atoms with Crippen LogP contribution in [-0.4, -0.2) is 15.2 Å². The number of fused-ring (bicyclic) bond motifs is 5. The van der Waals surface area contributed by atoms with E-state index in [4.69, 9.17) is 0 Å². The quantitative estimate of drug-likeness (QED) is 0.262. The van der Waals surface area contributed by atoms with Crippen LogP contribution in [0.15, 0.2) is 24.2 Å². The highest BCUT2D eigenvalue weighted by atomic mass is 33.1. The second-order valence-corrected chi connectivity index (χ2v) is 16.3. The number of rotatable bonds is 9. The van der Waals surface area contributed by atoms with E-state index in [1.807, 2.05) is 22.6 Å². The van der Waals surface area contributed by atoms with Crippen LogP contribution in [0.3, 0.4) is 0 Å². The maximum Gasteiger partial charge on any atom is 0.0921 e. The molecular weight excluding hydrogens is 464 g/mol. The van der Waals surface area contributed by atoms with Crippen molar-refractivity contribution in [2.24, 2.45) is 46.3 Å². The summed E-state index contributed by atoms with van der Waals surface area (Å²) < 4.78 is 0. The van der Waals surface area contributed by atoms with E-state index in [2.05, 4.69) is 61.5 Å². The average molecular weight is 515 g/mol. The van der Waals surface area contributed by atoms with Crippen LogP contribution in [0.1, 0.15) is 111 Å². The Bertz CT molecular complexity index is 863. The predicted octanol–water partition coefficient (Wildman–Crippen LogP) is 9.70. The molecule has 5 rings (SSSR count). The summed E-state index contributed by atoms with van der Waals surface area (Å²) in [7, 11) is 4.15. The summed E-state index contributed by atoms with van der Waals surface area (Å²) >= 11 is 0. The number of aromatic nitrogens is 2. The second kappa shape index (κ2) is 10.8. The first-order valence-electron chi connectivity index (χ1n) is 14.8. The Balaban J connectivity index is 1.21. The maximum absolute atomic E-state index is 4.16. The zero-order valence-corrected chi connectivity index (χ0v) is 24.7. The van der Waals surface area contributed by atoms with E-state index in [0.717, 1.165) is 46.5 Å². The van der Waals surface area contributed by atoms with Gasteiger partial charge in [0.25, 0.3) is 0 Å². The van der Waals surface area contributed by atoms with E-state index in [-0.39, 0.29) is 0 Å². The van der Waals surface area contributed by atoms with Crippen molar-refractivity contribution in [3.05, 3.63) is 29.9 Å². The van der Waals surface area contributed by atoms with Gasteiger partial charge in [0.1, 0.15) is 0 Å². The minimum atomic E-state index is 0.482. The number of nitrogens with one attached hydrogen (secondary N) is 1. The lowest BCUT2D eigenvalue weighted by Gasteiger charge is -2.58. The molecule has 4 aliphatic rings. The van der Waals surface area contributed by atoms with Gasteiger partial charge in [0.05, 0.1) is 6.33 Å². The van der Waals surface area contributed by atoms with Crippen LogP contribution in [0.2, 0.25) is 0 Å². The van der Waals surface area contributed by atoms with Crippen LogP contribution in [0.25, 0.3) is 0 Å². The molecule has 4 aliphatic carbocycles. The fraction of sp³-hybridized carbons (Fsp3) is 0.839. The third kappa shape index (κ3) is 5.18. The van der Waals surface area contributed by atoms with Crippen molar-refractivity contribution in [3.63, 3.8) is 0 Å². The van der Waals surface area contributed by atoms with E-state index in [1.54, 1.807) is 6.33 Å². The smallest absolute Gasteiger partial charge is 0.0921 e. The highest BCUT2D eigenvalue weighted by Crippen LogP contribution is 2.67. The van der Waals surface area contributed by atoms with Crippen molar-refractivity contribution < 1.29 is 0 Å². The van der Waals surface area contributed by atoms with E-state index in [1.165, 1.54) is 76.3 Å². The van der Waals surface area contributed by atoms with Gasteiger partial charge in [0.15, 0.2) is 0 Å². The molecule has 2 nitrogen and oxygen atoms in total. The van der Waals surface area contributed by atoms with Crippen LogP contribution < -0.4 is 0 Å². The molecule has 0 spiro atoms. The third-order valence-electron chi connectivity index (χ3n) is 11.2. The first kappa shape index (κ1) is 26.3. The Morgan fingerprint density at radius 1 is 1.06 bits per heavy atom. The van der Waals surface area contributed by atoms with Crippen LogP contribution >= 0.6 is 21.6 Å². The Kier molecular flexibility index (Phi) is 8.10. The molecule has 0 aromatic carbocycles. The van der Waals surface area contributed by atoms with Crippen LogP contribution in [0.5, 0.6) is 0 Å². The number of nitrogens with zero attached hydrogens (tertiary/aromatic N) is 1. The Morgan fingerprint density at radius 2 is 1.91 bits per heavy atom. The van der Waals surface area contributed by atoms with Gasteiger partial charge in [-0.2, -0.15) is 0 Å². The van der Waals surface area contributed by atoms with Gasteiger partial charge in [-0.1, -0.05) is 87.1 Å². The number of hydrogen-bond donors (Lipinski definition) is 1. The number of H-pyrrole nitrogens is 1. The topological polar surface area (TPSA) is 28.7 Å². The molecule has 8 atom stereocenters. The van der Waals surface area contributed by atoms with E-state index >= 15 is 0 Å². The molecule has 0 radical (unpaired) electrons. The van der Waals surface area contributed by atoms with Gasteiger partial charge >= 0.3 is 0 Å². The molecule has 35 heavy (non-hydrogen) atoms. The number of allylic oxidation sites excluding steroid dienone is 2. The Hall–Kier alpha value is -0.350. The zero-order valence-electron chi connectivity index (χ0n) is 23.0. The standard InChI is InChI=1S/C31H50N2S2/c1-21(2)7-6-8-22(3)27-11-12-28-26-10-9-23-17-25(35-34-19-24-18-32-20-33-24)13-15-30(23,4)29(26)14-16-31(27,28)5/h9,18,20-22,25-29H,6-8,10-17,19H2,1-5H3,(H,32,33)/t22?,25?,26-,27?,28+,29?,30?,31?/m1/s1. The van der Waals surface area contributed by atoms with Crippen LogP contribution in [0.4, 0.5) is 0 Å². The molecule has 1 aromatic heterocycles. The fourth-order valence-corrected chi connectivity index (χ4v) is 12.0. The van der Waals surface area contributed by atoms with E-state index < -0.39 is 0 Å². The van der Waals surface area contributed by atoms with Gasteiger partial charge < -0.3 is 4.98 Å². The summed E-state index contributed by atoms with van der Waals surface area (Å²) in [5.41, 5.74) is 4.18. The molecule has 0 bridgehead atoms. The summed E-state index contributed by atoms with van der Waals surface area (Å²) in [4.78, 5) is 7.41. The molecular formula is C31H50N2S2. The van der Waals surface area contributed by atoms with Gasteiger partial charge in [-0.05, 0) is 97.7 Å². The monoisotopic (exact) mass is 514 g/mol. The molecule has 0 amide bonds. The molecule has 1 aromatic rings. The molecule has 1 heterocycles. The van der Waals surface area contributed by atoms with Crippen LogP contribution in [0, 0.1) is 46.3 Å². The molecule has 3 fully saturated rings. The van der Waals surface area contributed by atoms with Crippen molar-refractivity contribution in [3.8, 4) is 0 Å². The lowest BCUT2D eigenvalue weighted by atomic mass is 9.47. The van der Waals surface area contributed by atoms with Gasteiger partial charge in [-0.3, -0.25) is 0 Å². The van der Waals surface area contributed by atoms with Gasteiger partial charge in [0.2, 0.25) is 0 Å². The molecule has 3 saturated carbocycles. The largest absolute Gasteiger partial charge is 0.348 e. The summed E-state index contributed by atoms with van der Waals surface area (Å²) in [6, 6.07) is 0. The van der Waals surface area contributed by atoms with Gasteiger partial charge in [-0.25, -0.2) is 4.98 Å². The number of hydrogen-bond acceptors (Lipinski definition) is 3. The second-order valence-electron chi connectivity index (χ2n) is 13.6. The minimum Gasteiger partial charge on any atom is -0.348 e. The lowest BCUT2D eigenvalue weighted by molar-refractivity contribution is -0.0497. The molecule has 1 N–H and O–H groups in total.